The first-order valence-electron chi connectivity index (χ1n) is 9.83. The predicted octanol–water partition coefficient (Wildman–Crippen LogP) is 4.79. The molecule has 1 aromatic heterocycles. The number of benzene rings is 2. The van der Waals surface area contributed by atoms with Gasteiger partial charge in [0.2, 0.25) is 0 Å². The predicted molar refractivity (Wildman–Crippen MR) is 114 cm³/mol. The second-order valence-electron chi connectivity index (χ2n) is 6.75. The second-order valence-corrected chi connectivity index (χ2v) is 6.75. The maximum atomic E-state index is 12.8. The van der Waals surface area contributed by atoms with Crippen molar-refractivity contribution in [3.63, 3.8) is 0 Å². The van der Waals surface area contributed by atoms with Crippen molar-refractivity contribution in [1.82, 2.24) is 9.88 Å². The molecule has 3 rings (SSSR count). The van der Waals surface area contributed by atoms with Gasteiger partial charge >= 0.3 is 0 Å². The molecule has 0 aliphatic heterocycles. The van der Waals surface area contributed by atoms with Gasteiger partial charge in [-0.1, -0.05) is 60.7 Å². The van der Waals surface area contributed by atoms with E-state index >= 15 is 0 Å². The molecule has 4 heteroatoms. The first-order chi connectivity index (χ1) is 13.8. The molecule has 0 saturated heterocycles. The average Bonchev–Trinajstić information content (AvgIpc) is 2.76. The quantitative estimate of drug-likeness (QED) is 0.549. The summed E-state index contributed by atoms with van der Waals surface area (Å²) in [4.78, 5) is 19.0. The molecule has 0 atom stereocenters. The van der Waals surface area contributed by atoms with Gasteiger partial charge in [-0.25, -0.2) is 4.98 Å². The van der Waals surface area contributed by atoms with Gasteiger partial charge in [-0.15, -0.1) is 0 Å². The summed E-state index contributed by atoms with van der Waals surface area (Å²) < 4.78 is 0. The largest absolute Gasteiger partial charge is 0.370 e. The van der Waals surface area contributed by atoms with Crippen molar-refractivity contribution < 1.29 is 4.79 Å². The van der Waals surface area contributed by atoms with Crippen LogP contribution >= 0.6 is 0 Å². The zero-order valence-electron chi connectivity index (χ0n) is 16.3. The molecule has 144 valence electrons. The Morgan fingerprint density at radius 2 is 1.61 bits per heavy atom. The van der Waals surface area contributed by atoms with Gasteiger partial charge < -0.3 is 10.2 Å². The minimum atomic E-state index is 0.00878. The van der Waals surface area contributed by atoms with Gasteiger partial charge in [0, 0.05) is 25.8 Å². The van der Waals surface area contributed by atoms with Crippen LogP contribution in [0.1, 0.15) is 34.8 Å². The number of nitrogens with one attached hydrogen (secondary N) is 1. The summed E-state index contributed by atoms with van der Waals surface area (Å²) in [5, 5.41) is 3.33. The molecule has 4 nitrogen and oxygen atoms in total. The monoisotopic (exact) mass is 373 g/mol. The number of hydrogen-bond acceptors (Lipinski definition) is 3. The van der Waals surface area contributed by atoms with Crippen LogP contribution in [0.4, 0.5) is 5.82 Å². The van der Waals surface area contributed by atoms with Gasteiger partial charge in [0.1, 0.15) is 5.82 Å². The summed E-state index contributed by atoms with van der Waals surface area (Å²) in [6.07, 6.45) is 3.73. The summed E-state index contributed by atoms with van der Waals surface area (Å²) in [7, 11) is 0. The minimum Gasteiger partial charge on any atom is -0.370 e. The Morgan fingerprint density at radius 3 is 2.21 bits per heavy atom. The molecule has 0 saturated carbocycles. The Balaban J connectivity index is 1.50. The number of carbonyl (C=O) groups excluding carboxylic acids is 1. The topological polar surface area (TPSA) is 45.2 Å². The lowest BCUT2D eigenvalue weighted by Gasteiger charge is -2.21. The molecule has 0 spiro atoms. The number of aromatic nitrogens is 1. The van der Waals surface area contributed by atoms with Gasteiger partial charge in [-0.05, 0) is 43.0 Å². The third-order valence-electron chi connectivity index (χ3n) is 4.69. The van der Waals surface area contributed by atoms with Crippen molar-refractivity contribution in [2.24, 2.45) is 0 Å². The second kappa shape index (κ2) is 10.3. The average molecular weight is 374 g/mol. The van der Waals surface area contributed by atoms with Gasteiger partial charge in [0.15, 0.2) is 0 Å². The summed E-state index contributed by atoms with van der Waals surface area (Å²) in [5.41, 5.74) is 3.09. The molecule has 0 bridgehead atoms. The van der Waals surface area contributed by atoms with Crippen molar-refractivity contribution in [3.05, 3.63) is 95.7 Å². The zero-order chi connectivity index (χ0) is 19.6. The molecule has 2 aromatic carbocycles. The molecule has 0 aliphatic rings. The number of pyridine rings is 1. The molecule has 1 heterocycles. The normalized spacial score (nSPS) is 10.5. The zero-order valence-corrected chi connectivity index (χ0v) is 16.3. The standard InChI is InChI=1S/C24H27N3O/c1-2-27(19-21-12-7-4-8-13-21)24(28)22-15-16-23(26-18-22)25-17-9-14-20-10-5-3-6-11-20/h3-8,10-13,15-16,18H,2,9,14,17,19H2,1H3,(H,25,26). The summed E-state index contributed by atoms with van der Waals surface area (Å²) >= 11 is 0. The molecule has 0 aliphatic carbocycles. The van der Waals surface area contributed by atoms with Crippen LogP contribution in [0.5, 0.6) is 0 Å². The highest BCUT2D eigenvalue weighted by Gasteiger charge is 2.14. The molecule has 28 heavy (non-hydrogen) atoms. The van der Waals surface area contributed by atoms with E-state index in [2.05, 4.69) is 34.6 Å². The Kier molecular flexibility index (Phi) is 7.19. The fourth-order valence-corrected chi connectivity index (χ4v) is 3.09. The molecule has 0 unspecified atom stereocenters. The highest BCUT2D eigenvalue weighted by molar-refractivity contribution is 5.94. The highest BCUT2D eigenvalue weighted by atomic mass is 16.2. The first-order valence-corrected chi connectivity index (χ1v) is 9.83. The Hall–Kier alpha value is -3.14. The lowest BCUT2D eigenvalue weighted by Crippen LogP contribution is -2.30. The minimum absolute atomic E-state index is 0.00878. The van der Waals surface area contributed by atoms with E-state index in [0.717, 1.165) is 30.8 Å². The van der Waals surface area contributed by atoms with E-state index in [9.17, 15) is 4.79 Å². The fourth-order valence-electron chi connectivity index (χ4n) is 3.09. The molecular formula is C24H27N3O. The van der Waals surface area contributed by atoms with Crippen LogP contribution in [0.25, 0.3) is 0 Å². The number of nitrogens with zero attached hydrogens (tertiary/aromatic N) is 2. The van der Waals surface area contributed by atoms with Crippen molar-refractivity contribution in [2.45, 2.75) is 26.3 Å². The van der Waals surface area contributed by atoms with Crippen molar-refractivity contribution >= 4 is 11.7 Å². The summed E-state index contributed by atoms with van der Waals surface area (Å²) in [6.45, 7) is 4.12. The van der Waals surface area contributed by atoms with Crippen LogP contribution in [0.3, 0.4) is 0 Å². The number of hydrogen-bond donors (Lipinski definition) is 1. The fraction of sp³-hybridized carbons (Fsp3) is 0.250. The number of rotatable bonds is 9. The molecule has 0 fully saturated rings. The third-order valence-corrected chi connectivity index (χ3v) is 4.69. The third kappa shape index (κ3) is 5.68. The highest BCUT2D eigenvalue weighted by Crippen LogP contribution is 2.12. The van der Waals surface area contributed by atoms with E-state index in [4.69, 9.17) is 0 Å². The SMILES string of the molecule is CCN(Cc1ccccc1)C(=O)c1ccc(NCCCc2ccccc2)nc1. The smallest absolute Gasteiger partial charge is 0.255 e. The van der Waals surface area contributed by atoms with Crippen molar-refractivity contribution in [1.29, 1.82) is 0 Å². The van der Waals surface area contributed by atoms with E-state index in [1.165, 1.54) is 5.56 Å². The Morgan fingerprint density at radius 1 is 0.929 bits per heavy atom. The number of amides is 1. The molecule has 1 amide bonds. The lowest BCUT2D eigenvalue weighted by atomic mass is 10.1. The molecule has 1 N–H and O–H groups in total. The Bertz CT molecular complexity index is 848. The van der Waals surface area contributed by atoms with Gasteiger partial charge in [0.05, 0.1) is 5.56 Å². The molecule has 0 radical (unpaired) electrons. The van der Waals surface area contributed by atoms with Crippen LogP contribution in [-0.2, 0) is 13.0 Å². The van der Waals surface area contributed by atoms with Crippen LogP contribution in [-0.4, -0.2) is 28.9 Å². The van der Waals surface area contributed by atoms with Crippen molar-refractivity contribution in [3.8, 4) is 0 Å². The van der Waals surface area contributed by atoms with Crippen LogP contribution in [0.2, 0.25) is 0 Å². The van der Waals surface area contributed by atoms with E-state index < -0.39 is 0 Å². The van der Waals surface area contributed by atoms with Crippen LogP contribution < -0.4 is 5.32 Å². The number of anilines is 1. The maximum absolute atomic E-state index is 12.8. The van der Waals surface area contributed by atoms with E-state index in [0.29, 0.717) is 18.7 Å². The van der Waals surface area contributed by atoms with E-state index in [-0.39, 0.29) is 5.91 Å². The lowest BCUT2D eigenvalue weighted by molar-refractivity contribution is 0.0752. The van der Waals surface area contributed by atoms with Gasteiger partial charge in [-0.3, -0.25) is 4.79 Å². The van der Waals surface area contributed by atoms with Crippen LogP contribution in [0, 0.1) is 0 Å². The molecular weight excluding hydrogens is 346 g/mol. The maximum Gasteiger partial charge on any atom is 0.255 e. The first kappa shape index (κ1) is 19.6. The summed E-state index contributed by atoms with van der Waals surface area (Å²) in [6, 6.07) is 24.2. The van der Waals surface area contributed by atoms with Gasteiger partial charge in [-0.2, -0.15) is 0 Å². The van der Waals surface area contributed by atoms with E-state index in [1.54, 1.807) is 6.20 Å². The Labute approximate surface area is 167 Å². The number of carbonyl (C=O) groups is 1. The van der Waals surface area contributed by atoms with Gasteiger partial charge in [0.25, 0.3) is 5.91 Å². The number of aryl methyl sites for hydroxylation is 1. The van der Waals surface area contributed by atoms with Crippen molar-refractivity contribution in [2.75, 3.05) is 18.4 Å². The van der Waals surface area contributed by atoms with Crippen LogP contribution in [0.15, 0.2) is 79.0 Å². The molecule has 3 aromatic rings. The summed E-state index contributed by atoms with van der Waals surface area (Å²) in [5.74, 6) is 0.810. The van der Waals surface area contributed by atoms with E-state index in [1.807, 2.05) is 60.4 Å².